The zero-order chi connectivity index (χ0) is 14.9. The van der Waals surface area contributed by atoms with E-state index in [1.165, 1.54) is 12.8 Å². The van der Waals surface area contributed by atoms with Crippen LogP contribution in [0, 0.1) is 13.8 Å². The van der Waals surface area contributed by atoms with Crippen LogP contribution in [0.5, 0.6) is 0 Å². The number of aromatic nitrogens is 1. The normalized spacial score (nSPS) is 17.2. The van der Waals surface area contributed by atoms with Crippen LogP contribution in [0.25, 0.3) is 0 Å². The van der Waals surface area contributed by atoms with Crippen molar-refractivity contribution in [2.45, 2.75) is 32.7 Å². The van der Waals surface area contributed by atoms with Crippen molar-refractivity contribution in [3.05, 3.63) is 23.0 Å². The van der Waals surface area contributed by atoms with Crippen molar-refractivity contribution < 1.29 is 0 Å². The Morgan fingerprint density at radius 1 is 1.40 bits per heavy atom. The monoisotopic (exact) mass is 292 g/mol. The van der Waals surface area contributed by atoms with E-state index in [1.54, 1.807) is 0 Å². The highest BCUT2D eigenvalue weighted by Gasteiger charge is 2.24. The van der Waals surface area contributed by atoms with Crippen LogP contribution in [0.2, 0.25) is 0 Å². The molecule has 2 N–H and O–H groups in total. The lowest BCUT2D eigenvalue weighted by Crippen LogP contribution is -2.42. The van der Waals surface area contributed by atoms with Crippen molar-refractivity contribution >= 4 is 22.9 Å². The third kappa shape index (κ3) is 3.10. The average molecular weight is 292 g/mol. The molecule has 0 atom stereocenters. The van der Waals surface area contributed by atoms with E-state index >= 15 is 0 Å². The van der Waals surface area contributed by atoms with Crippen LogP contribution in [0.1, 0.15) is 29.8 Å². The van der Waals surface area contributed by atoms with Gasteiger partial charge in [-0.15, -0.1) is 0 Å². The minimum absolute atomic E-state index is 0.435. The number of anilines is 1. The molecule has 0 radical (unpaired) electrons. The molecule has 0 aromatic carbocycles. The minimum Gasteiger partial charge on any atom is -0.389 e. The van der Waals surface area contributed by atoms with E-state index in [2.05, 4.69) is 34.9 Å². The molecule has 2 heterocycles. The molecular weight excluding hydrogens is 268 g/mol. The Labute approximate surface area is 127 Å². The second-order valence-electron chi connectivity index (χ2n) is 5.75. The number of rotatable bonds is 3. The zero-order valence-electron chi connectivity index (χ0n) is 12.8. The van der Waals surface area contributed by atoms with Crippen LogP contribution < -0.4 is 10.6 Å². The third-order valence-electron chi connectivity index (χ3n) is 4.17. The second-order valence-corrected chi connectivity index (χ2v) is 6.19. The van der Waals surface area contributed by atoms with E-state index in [4.69, 9.17) is 18.0 Å². The van der Waals surface area contributed by atoms with E-state index in [-0.39, 0.29) is 0 Å². The number of nitrogens with zero attached hydrogens (tertiary/aromatic N) is 3. The molecule has 2 rings (SSSR count). The van der Waals surface area contributed by atoms with Gasteiger partial charge in [0.1, 0.15) is 4.99 Å². The zero-order valence-corrected chi connectivity index (χ0v) is 13.6. The molecule has 1 saturated heterocycles. The van der Waals surface area contributed by atoms with Crippen LogP contribution in [-0.4, -0.2) is 48.1 Å². The average Bonchev–Trinajstić information content (AvgIpc) is 2.37. The number of likely N-dealkylation sites (tertiary alicyclic amines) is 1. The molecule has 1 aliphatic heterocycles. The number of pyridine rings is 1. The van der Waals surface area contributed by atoms with E-state index in [0.717, 1.165) is 35.7 Å². The highest BCUT2D eigenvalue weighted by atomic mass is 32.1. The maximum atomic E-state index is 5.91. The molecule has 0 aliphatic carbocycles. The number of nitrogens with two attached hydrogens (primary N) is 1. The van der Waals surface area contributed by atoms with Crippen LogP contribution in [0.3, 0.4) is 0 Å². The molecule has 0 unspecified atom stereocenters. The van der Waals surface area contributed by atoms with Crippen LogP contribution in [0.15, 0.2) is 6.07 Å². The van der Waals surface area contributed by atoms with Gasteiger partial charge in [0, 0.05) is 24.5 Å². The van der Waals surface area contributed by atoms with Gasteiger partial charge in [0.15, 0.2) is 0 Å². The third-order valence-corrected chi connectivity index (χ3v) is 4.37. The number of thiocarbonyl (C=S) groups is 1. The highest BCUT2D eigenvalue weighted by Crippen LogP contribution is 2.27. The first kappa shape index (κ1) is 15.2. The summed E-state index contributed by atoms with van der Waals surface area (Å²) in [6, 6.07) is 2.64. The van der Waals surface area contributed by atoms with Gasteiger partial charge in [-0.3, -0.25) is 4.98 Å². The molecule has 0 amide bonds. The lowest BCUT2D eigenvalue weighted by Gasteiger charge is -2.37. The molecule has 1 fully saturated rings. The van der Waals surface area contributed by atoms with Gasteiger partial charge in [0.2, 0.25) is 0 Å². The van der Waals surface area contributed by atoms with Crippen molar-refractivity contribution in [2.75, 3.05) is 32.1 Å². The van der Waals surface area contributed by atoms with Gasteiger partial charge in [0.05, 0.1) is 11.3 Å². The Morgan fingerprint density at radius 3 is 2.55 bits per heavy atom. The van der Waals surface area contributed by atoms with Crippen molar-refractivity contribution in [3.63, 3.8) is 0 Å². The van der Waals surface area contributed by atoms with Crippen LogP contribution in [0.4, 0.5) is 5.69 Å². The summed E-state index contributed by atoms with van der Waals surface area (Å²) < 4.78 is 0. The fraction of sp³-hybridized carbons (Fsp3) is 0.600. The fourth-order valence-electron chi connectivity index (χ4n) is 2.97. The molecule has 0 saturated carbocycles. The smallest absolute Gasteiger partial charge is 0.107 e. The predicted octanol–water partition coefficient (Wildman–Crippen LogP) is 1.86. The van der Waals surface area contributed by atoms with Crippen molar-refractivity contribution in [1.82, 2.24) is 9.88 Å². The van der Waals surface area contributed by atoms with Gasteiger partial charge >= 0.3 is 0 Å². The largest absolute Gasteiger partial charge is 0.389 e. The molecule has 20 heavy (non-hydrogen) atoms. The molecular formula is C15H24N4S. The fourth-order valence-corrected chi connectivity index (χ4v) is 3.22. The number of hydrogen-bond acceptors (Lipinski definition) is 4. The summed E-state index contributed by atoms with van der Waals surface area (Å²) >= 11 is 5.22. The standard InChI is InChI=1S/C15H24N4S/c1-10-9-13(14(15(16)20)11(2)17-10)19(4)12-5-7-18(3)8-6-12/h9,12H,5-8H2,1-4H3,(H2,16,20). The number of piperidine rings is 1. The van der Waals surface area contributed by atoms with Crippen molar-refractivity contribution in [3.8, 4) is 0 Å². The van der Waals surface area contributed by atoms with Gasteiger partial charge in [0.25, 0.3) is 0 Å². The van der Waals surface area contributed by atoms with E-state index in [9.17, 15) is 0 Å². The summed E-state index contributed by atoms with van der Waals surface area (Å²) in [7, 11) is 4.32. The first-order valence-corrected chi connectivity index (χ1v) is 7.50. The Balaban J connectivity index is 2.33. The van der Waals surface area contributed by atoms with Crippen molar-refractivity contribution in [2.24, 2.45) is 5.73 Å². The first-order valence-electron chi connectivity index (χ1n) is 7.09. The summed E-state index contributed by atoms with van der Waals surface area (Å²) in [5, 5.41) is 0. The Hall–Kier alpha value is -1.20. The molecule has 5 heteroatoms. The SMILES string of the molecule is Cc1cc(N(C)C2CCN(C)CC2)c(C(N)=S)c(C)n1. The maximum absolute atomic E-state index is 5.91. The quantitative estimate of drug-likeness (QED) is 0.862. The summed E-state index contributed by atoms with van der Waals surface area (Å²) in [5.74, 6) is 0. The van der Waals surface area contributed by atoms with E-state index in [0.29, 0.717) is 11.0 Å². The molecule has 4 nitrogen and oxygen atoms in total. The van der Waals surface area contributed by atoms with Gasteiger partial charge in [-0.05, 0) is 52.9 Å². The Bertz CT molecular complexity index is 507. The van der Waals surface area contributed by atoms with Gasteiger partial charge in [-0.25, -0.2) is 0 Å². The molecule has 1 aliphatic rings. The van der Waals surface area contributed by atoms with Gasteiger partial charge in [-0.1, -0.05) is 12.2 Å². The summed E-state index contributed by atoms with van der Waals surface area (Å²) in [4.78, 5) is 9.64. The predicted molar refractivity (Wildman–Crippen MR) is 88.5 cm³/mol. The Morgan fingerprint density at radius 2 is 2.00 bits per heavy atom. The second kappa shape index (κ2) is 6.06. The summed E-state index contributed by atoms with van der Waals surface area (Å²) in [5.41, 5.74) is 9.89. The molecule has 1 aromatic heterocycles. The lowest BCUT2D eigenvalue weighted by atomic mass is 10.0. The molecule has 0 spiro atoms. The summed E-state index contributed by atoms with van der Waals surface area (Å²) in [6.07, 6.45) is 2.34. The maximum Gasteiger partial charge on any atom is 0.107 e. The first-order chi connectivity index (χ1) is 9.40. The Kier molecular flexibility index (Phi) is 4.60. The molecule has 110 valence electrons. The number of hydrogen-bond donors (Lipinski definition) is 1. The molecule has 0 bridgehead atoms. The topological polar surface area (TPSA) is 45.4 Å². The van der Waals surface area contributed by atoms with E-state index in [1.807, 2.05) is 13.8 Å². The highest BCUT2D eigenvalue weighted by molar-refractivity contribution is 7.80. The van der Waals surface area contributed by atoms with E-state index < -0.39 is 0 Å². The van der Waals surface area contributed by atoms with Crippen LogP contribution >= 0.6 is 12.2 Å². The van der Waals surface area contributed by atoms with Gasteiger partial charge < -0.3 is 15.5 Å². The molecule has 1 aromatic rings. The lowest BCUT2D eigenvalue weighted by molar-refractivity contribution is 0.253. The summed E-state index contributed by atoms with van der Waals surface area (Å²) in [6.45, 7) is 6.27. The van der Waals surface area contributed by atoms with Crippen LogP contribution in [-0.2, 0) is 0 Å². The van der Waals surface area contributed by atoms with Crippen molar-refractivity contribution in [1.29, 1.82) is 0 Å². The minimum atomic E-state index is 0.435. The number of aryl methyl sites for hydroxylation is 2. The van der Waals surface area contributed by atoms with Gasteiger partial charge in [-0.2, -0.15) is 0 Å².